The fourth-order valence-corrected chi connectivity index (χ4v) is 4.09. The largest absolute Gasteiger partial charge is 0.276 e. The fourth-order valence-electron chi connectivity index (χ4n) is 3.26. The second kappa shape index (κ2) is 7.00. The van der Waals surface area contributed by atoms with Gasteiger partial charge in [-0.3, -0.25) is 0 Å². The third-order valence-electron chi connectivity index (χ3n) is 4.76. The average Bonchev–Trinajstić information content (AvgIpc) is 3.01. The van der Waals surface area contributed by atoms with E-state index in [0.717, 1.165) is 42.5 Å². The minimum absolute atomic E-state index is 0.233. The van der Waals surface area contributed by atoms with Gasteiger partial charge in [-0.1, -0.05) is 37.6 Å². The third-order valence-corrected chi connectivity index (χ3v) is 5.99. The first-order valence-corrected chi connectivity index (χ1v) is 10.2. The van der Waals surface area contributed by atoms with E-state index >= 15 is 0 Å². The van der Waals surface area contributed by atoms with Gasteiger partial charge in [-0.25, -0.2) is 0 Å². The van der Waals surface area contributed by atoms with Crippen LogP contribution in [0.15, 0.2) is 46.4 Å². The van der Waals surface area contributed by atoms with Gasteiger partial charge in [0.15, 0.2) is 0 Å². The van der Waals surface area contributed by atoms with Gasteiger partial charge < -0.3 is 0 Å². The van der Waals surface area contributed by atoms with E-state index in [2.05, 4.69) is 35.9 Å². The monoisotopic (exact) mass is 356 g/mol. The van der Waals surface area contributed by atoms with Gasteiger partial charge in [0.2, 0.25) is 0 Å². The van der Waals surface area contributed by atoms with Crippen molar-refractivity contribution in [2.24, 2.45) is 5.10 Å². The average molecular weight is 356 g/mol. The molecular formula is C20H24N2O2S. The van der Waals surface area contributed by atoms with Crippen LogP contribution in [0.2, 0.25) is 0 Å². The van der Waals surface area contributed by atoms with Crippen LogP contribution in [0.25, 0.3) is 0 Å². The third kappa shape index (κ3) is 3.61. The van der Waals surface area contributed by atoms with Gasteiger partial charge in [-0.2, -0.15) is 18.4 Å². The van der Waals surface area contributed by atoms with Gasteiger partial charge in [0, 0.05) is 5.56 Å². The smallest absolute Gasteiger partial charge is 0.200 e. The van der Waals surface area contributed by atoms with Crippen LogP contribution in [0.5, 0.6) is 0 Å². The van der Waals surface area contributed by atoms with Crippen molar-refractivity contribution in [2.75, 3.05) is 0 Å². The van der Waals surface area contributed by atoms with E-state index in [1.54, 1.807) is 24.3 Å². The summed E-state index contributed by atoms with van der Waals surface area (Å²) in [5.41, 5.74) is 6.89. The Morgan fingerprint density at radius 3 is 2.28 bits per heavy atom. The van der Waals surface area contributed by atoms with Crippen LogP contribution < -0.4 is 4.83 Å². The summed E-state index contributed by atoms with van der Waals surface area (Å²) in [4.78, 5) is 2.64. The highest BCUT2D eigenvalue weighted by Crippen LogP contribution is 2.27. The summed E-state index contributed by atoms with van der Waals surface area (Å²) in [5.74, 6) is 0. The maximum absolute atomic E-state index is 12.4. The second-order valence-electron chi connectivity index (χ2n) is 6.45. The number of nitrogens with zero attached hydrogens (tertiary/aromatic N) is 1. The zero-order chi connectivity index (χ0) is 18.0. The summed E-state index contributed by atoms with van der Waals surface area (Å²) < 4.78 is 24.8. The fraction of sp³-hybridized carbons (Fsp3) is 0.350. The van der Waals surface area contributed by atoms with Crippen LogP contribution in [-0.2, 0) is 29.3 Å². The highest BCUT2D eigenvalue weighted by molar-refractivity contribution is 7.89. The van der Waals surface area contributed by atoms with Gasteiger partial charge in [0.25, 0.3) is 10.0 Å². The van der Waals surface area contributed by atoms with Gasteiger partial charge in [-0.15, -0.1) is 0 Å². The topological polar surface area (TPSA) is 58.5 Å². The first-order chi connectivity index (χ1) is 11.9. The molecule has 1 aliphatic carbocycles. The highest BCUT2D eigenvalue weighted by atomic mass is 32.2. The molecule has 0 heterocycles. The lowest BCUT2D eigenvalue weighted by atomic mass is 9.96. The molecule has 0 fully saturated rings. The molecule has 0 unspecified atom stereocenters. The maximum Gasteiger partial charge on any atom is 0.276 e. The molecule has 25 heavy (non-hydrogen) atoms. The lowest BCUT2D eigenvalue weighted by molar-refractivity contribution is 0.584. The maximum atomic E-state index is 12.4. The number of hydrazone groups is 1. The Bertz CT molecular complexity index is 913. The first-order valence-electron chi connectivity index (χ1n) is 8.74. The predicted octanol–water partition coefficient (Wildman–Crippen LogP) is 3.75. The molecule has 5 heteroatoms. The number of hydrogen-bond acceptors (Lipinski definition) is 3. The molecule has 2 aromatic rings. The molecule has 0 aliphatic heterocycles. The number of rotatable bonds is 5. The summed E-state index contributed by atoms with van der Waals surface area (Å²) in [6.45, 7) is 6.24. The summed E-state index contributed by atoms with van der Waals surface area (Å²) in [6, 6.07) is 11.2. The number of sulfonamides is 1. The van der Waals surface area contributed by atoms with Crippen molar-refractivity contribution >= 4 is 15.7 Å². The number of fused-ring (bicyclic) bond motifs is 1. The lowest BCUT2D eigenvalue weighted by Crippen LogP contribution is -2.20. The molecule has 0 bridgehead atoms. The van der Waals surface area contributed by atoms with Crippen LogP contribution in [0.1, 0.15) is 48.1 Å². The standard InChI is InChI=1S/C20H24N2O2S/c1-4-15-12-17-8-11-20(19(17)13-16(15)5-2)21-22-25(23,24)18-9-6-14(3)7-10-18/h6-7,9-10,12-13,22H,4-5,8,11H2,1-3H3. The quantitative estimate of drug-likeness (QED) is 0.830. The van der Waals surface area contributed by atoms with E-state index in [-0.39, 0.29) is 4.90 Å². The molecular weight excluding hydrogens is 332 g/mol. The summed E-state index contributed by atoms with van der Waals surface area (Å²) in [5, 5.41) is 4.24. The van der Waals surface area contributed by atoms with Crippen molar-refractivity contribution in [3.05, 3.63) is 64.2 Å². The SMILES string of the molecule is CCc1cc2c(cc1CC)C(=NNS(=O)(=O)c1ccc(C)cc1)CC2. The molecule has 0 aromatic heterocycles. The molecule has 1 aliphatic rings. The molecule has 0 atom stereocenters. The Morgan fingerprint density at radius 1 is 1.00 bits per heavy atom. The molecule has 0 spiro atoms. The van der Waals surface area contributed by atoms with E-state index in [1.165, 1.54) is 16.7 Å². The molecule has 2 aromatic carbocycles. The Balaban J connectivity index is 1.88. The van der Waals surface area contributed by atoms with Gasteiger partial charge >= 0.3 is 0 Å². The van der Waals surface area contributed by atoms with Crippen molar-refractivity contribution in [3.63, 3.8) is 0 Å². The van der Waals surface area contributed by atoms with Crippen LogP contribution >= 0.6 is 0 Å². The van der Waals surface area contributed by atoms with E-state index in [9.17, 15) is 8.42 Å². The van der Waals surface area contributed by atoms with E-state index in [0.29, 0.717) is 0 Å². The van der Waals surface area contributed by atoms with Crippen molar-refractivity contribution in [1.82, 2.24) is 4.83 Å². The second-order valence-corrected chi connectivity index (χ2v) is 8.11. The van der Waals surface area contributed by atoms with E-state index < -0.39 is 10.0 Å². The molecule has 4 nitrogen and oxygen atoms in total. The molecule has 132 valence electrons. The number of aryl methyl sites for hydroxylation is 4. The van der Waals surface area contributed by atoms with Gasteiger partial charge in [0.05, 0.1) is 10.6 Å². The molecule has 0 amide bonds. The van der Waals surface area contributed by atoms with Gasteiger partial charge in [-0.05, 0) is 67.5 Å². The molecule has 0 saturated heterocycles. The minimum Gasteiger partial charge on any atom is -0.200 e. The van der Waals surface area contributed by atoms with E-state index in [4.69, 9.17) is 0 Å². The van der Waals surface area contributed by atoms with Crippen LogP contribution in [0, 0.1) is 6.92 Å². The zero-order valence-corrected chi connectivity index (χ0v) is 15.8. The normalized spacial score (nSPS) is 15.4. The molecule has 0 saturated carbocycles. The Kier molecular flexibility index (Phi) is 4.95. The van der Waals surface area contributed by atoms with Crippen LogP contribution in [0.3, 0.4) is 0 Å². The number of benzene rings is 2. The summed E-state index contributed by atoms with van der Waals surface area (Å²) in [7, 11) is -3.63. The Morgan fingerprint density at radius 2 is 1.64 bits per heavy atom. The summed E-state index contributed by atoms with van der Waals surface area (Å²) >= 11 is 0. The van der Waals surface area contributed by atoms with Crippen molar-refractivity contribution in [2.45, 2.75) is 51.3 Å². The number of hydrogen-bond donors (Lipinski definition) is 1. The van der Waals surface area contributed by atoms with Crippen LogP contribution in [0.4, 0.5) is 0 Å². The highest BCUT2D eigenvalue weighted by Gasteiger charge is 2.21. The van der Waals surface area contributed by atoms with Crippen molar-refractivity contribution < 1.29 is 8.42 Å². The molecule has 3 rings (SSSR count). The number of nitrogens with one attached hydrogen (secondary N) is 1. The van der Waals surface area contributed by atoms with Crippen molar-refractivity contribution in [3.8, 4) is 0 Å². The lowest BCUT2D eigenvalue weighted by Gasteiger charge is -2.10. The van der Waals surface area contributed by atoms with Gasteiger partial charge in [0.1, 0.15) is 0 Å². The van der Waals surface area contributed by atoms with Crippen LogP contribution in [-0.4, -0.2) is 14.1 Å². The van der Waals surface area contributed by atoms with E-state index in [1.807, 2.05) is 6.92 Å². The first kappa shape index (κ1) is 17.7. The Hall–Kier alpha value is -2.14. The summed E-state index contributed by atoms with van der Waals surface area (Å²) in [6.07, 6.45) is 3.67. The minimum atomic E-state index is -3.63. The zero-order valence-electron chi connectivity index (χ0n) is 15.0. The van der Waals surface area contributed by atoms with Crippen molar-refractivity contribution in [1.29, 1.82) is 0 Å². The Labute approximate surface area is 150 Å². The predicted molar refractivity (Wildman–Crippen MR) is 102 cm³/mol. The molecule has 1 N–H and O–H groups in total. The molecule has 0 radical (unpaired) electrons.